The van der Waals surface area contributed by atoms with Crippen LogP contribution in [-0.2, 0) is 6.54 Å². The number of aryl methyl sites for hydroxylation is 2. The molecule has 2 N–H and O–H groups in total. The Morgan fingerprint density at radius 3 is 2.70 bits per heavy atom. The van der Waals surface area contributed by atoms with Crippen molar-refractivity contribution < 1.29 is 4.79 Å². The maximum atomic E-state index is 11.8. The molecule has 0 atom stereocenters. The van der Waals surface area contributed by atoms with Crippen LogP contribution in [0.4, 0.5) is 0 Å². The van der Waals surface area contributed by atoms with E-state index in [1.54, 1.807) is 0 Å². The van der Waals surface area contributed by atoms with Crippen LogP contribution in [-0.4, -0.2) is 20.4 Å². The summed E-state index contributed by atoms with van der Waals surface area (Å²) in [5.41, 5.74) is 8.14. The molecule has 0 saturated carbocycles. The summed E-state index contributed by atoms with van der Waals surface area (Å²) in [6.45, 7) is 5.07. The Balaban J connectivity index is 2.20. The number of nitrogens with zero attached hydrogens (tertiary/aromatic N) is 3. The monoisotopic (exact) mass is 310 g/mol. The van der Waals surface area contributed by atoms with Crippen LogP contribution in [0.5, 0.6) is 0 Å². The van der Waals surface area contributed by atoms with Gasteiger partial charge in [-0.05, 0) is 19.4 Å². The van der Waals surface area contributed by atoms with Crippen molar-refractivity contribution >= 4 is 27.8 Å². The number of imidazole rings is 1. The number of hydrogen-bond donors (Lipinski definition) is 1. The molecule has 0 unspecified atom stereocenters. The molecule has 1 aromatic carbocycles. The molecule has 23 heavy (non-hydrogen) atoms. The summed E-state index contributed by atoms with van der Waals surface area (Å²) in [7, 11) is 0. The number of carbonyl (C=O) groups excluding carboxylic acids is 1. The van der Waals surface area contributed by atoms with Gasteiger partial charge in [-0.1, -0.05) is 44.4 Å². The van der Waals surface area contributed by atoms with Crippen LogP contribution in [0.3, 0.4) is 0 Å². The fourth-order valence-electron chi connectivity index (χ4n) is 3.09. The number of para-hydroxylation sites is 1. The minimum atomic E-state index is -0.531. The smallest absolute Gasteiger partial charge is 0.269 e. The number of fused-ring (bicyclic) bond motifs is 3. The predicted octanol–water partition coefficient (Wildman–Crippen LogP) is 3.57. The van der Waals surface area contributed by atoms with E-state index < -0.39 is 5.91 Å². The minimum absolute atomic E-state index is 0.258. The number of rotatable bonds is 6. The first-order chi connectivity index (χ1) is 11.1. The average Bonchev–Trinajstić information content (AvgIpc) is 2.87. The predicted molar refractivity (Wildman–Crippen MR) is 92.4 cm³/mol. The topological polar surface area (TPSA) is 73.8 Å². The van der Waals surface area contributed by atoms with E-state index in [4.69, 9.17) is 5.73 Å². The maximum absolute atomic E-state index is 11.8. The van der Waals surface area contributed by atoms with E-state index in [0.717, 1.165) is 35.2 Å². The number of carbonyl (C=O) groups is 1. The number of benzene rings is 1. The molecule has 120 valence electrons. The maximum Gasteiger partial charge on any atom is 0.269 e. The summed E-state index contributed by atoms with van der Waals surface area (Å²) in [6, 6.07) is 7.84. The van der Waals surface area contributed by atoms with E-state index in [1.165, 1.54) is 19.3 Å². The third-order valence-corrected chi connectivity index (χ3v) is 4.24. The van der Waals surface area contributed by atoms with E-state index in [2.05, 4.69) is 21.5 Å². The summed E-state index contributed by atoms with van der Waals surface area (Å²) < 4.78 is 2.20. The van der Waals surface area contributed by atoms with Gasteiger partial charge in [-0.3, -0.25) is 4.79 Å². The first-order valence-electron chi connectivity index (χ1n) is 8.19. The number of primary amides is 1. The zero-order valence-corrected chi connectivity index (χ0v) is 13.7. The van der Waals surface area contributed by atoms with Crippen molar-refractivity contribution in [2.24, 2.45) is 5.73 Å². The van der Waals surface area contributed by atoms with Crippen LogP contribution < -0.4 is 5.73 Å². The van der Waals surface area contributed by atoms with Gasteiger partial charge in [0.05, 0.1) is 11.0 Å². The molecule has 0 aliphatic heterocycles. The lowest BCUT2D eigenvalue weighted by Gasteiger charge is -2.09. The third kappa shape index (κ3) is 2.79. The fraction of sp³-hybridized carbons (Fsp3) is 0.389. The van der Waals surface area contributed by atoms with Crippen molar-refractivity contribution in [3.8, 4) is 0 Å². The van der Waals surface area contributed by atoms with E-state index >= 15 is 0 Å². The molecule has 0 fully saturated rings. The molecule has 2 aromatic heterocycles. The fourth-order valence-corrected chi connectivity index (χ4v) is 3.09. The molecule has 2 heterocycles. The van der Waals surface area contributed by atoms with Gasteiger partial charge in [0.25, 0.3) is 5.91 Å². The normalized spacial score (nSPS) is 11.4. The van der Waals surface area contributed by atoms with Crippen LogP contribution >= 0.6 is 0 Å². The van der Waals surface area contributed by atoms with Crippen LogP contribution in [0.15, 0.2) is 24.3 Å². The van der Waals surface area contributed by atoms with Gasteiger partial charge in [0.2, 0.25) is 0 Å². The molecule has 0 aliphatic rings. The number of aromatic nitrogens is 3. The molecule has 5 nitrogen and oxygen atoms in total. The standard InChI is InChI=1S/C18H22N4O/c1-3-4-5-8-11-22-12(2)20-15-16(18(19)23)21-14-10-7-6-9-13(14)17(15)22/h6-7,9-10H,3-5,8,11H2,1-2H3,(H2,19,23). The summed E-state index contributed by atoms with van der Waals surface area (Å²) in [4.78, 5) is 20.8. The molecule has 0 saturated heterocycles. The first-order valence-corrected chi connectivity index (χ1v) is 8.19. The van der Waals surface area contributed by atoms with Gasteiger partial charge in [-0.15, -0.1) is 0 Å². The van der Waals surface area contributed by atoms with Crippen LogP contribution in [0.25, 0.3) is 21.9 Å². The number of hydrogen-bond acceptors (Lipinski definition) is 3. The Morgan fingerprint density at radius 2 is 1.96 bits per heavy atom. The Bertz CT molecular complexity index is 866. The van der Waals surface area contributed by atoms with E-state index in [1.807, 2.05) is 31.2 Å². The highest BCUT2D eigenvalue weighted by atomic mass is 16.1. The number of nitrogens with two attached hydrogens (primary N) is 1. The van der Waals surface area contributed by atoms with Crippen molar-refractivity contribution in [3.63, 3.8) is 0 Å². The summed E-state index contributed by atoms with van der Waals surface area (Å²) >= 11 is 0. The number of amides is 1. The van der Waals surface area contributed by atoms with Gasteiger partial charge in [-0.2, -0.15) is 0 Å². The van der Waals surface area contributed by atoms with Gasteiger partial charge in [0, 0.05) is 11.9 Å². The molecular formula is C18H22N4O. The highest BCUT2D eigenvalue weighted by molar-refractivity contribution is 6.11. The minimum Gasteiger partial charge on any atom is -0.364 e. The van der Waals surface area contributed by atoms with Crippen molar-refractivity contribution in [2.75, 3.05) is 0 Å². The average molecular weight is 310 g/mol. The molecule has 3 aromatic rings. The zero-order chi connectivity index (χ0) is 16.4. The highest BCUT2D eigenvalue weighted by Crippen LogP contribution is 2.27. The van der Waals surface area contributed by atoms with Crippen molar-refractivity contribution in [1.82, 2.24) is 14.5 Å². The van der Waals surface area contributed by atoms with Gasteiger partial charge < -0.3 is 10.3 Å². The molecule has 5 heteroatoms. The molecule has 3 rings (SSSR count). The third-order valence-electron chi connectivity index (χ3n) is 4.24. The largest absolute Gasteiger partial charge is 0.364 e. The zero-order valence-electron chi connectivity index (χ0n) is 13.7. The Labute approximate surface area is 135 Å². The molecule has 1 amide bonds. The van der Waals surface area contributed by atoms with E-state index in [-0.39, 0.29) is 5.69 Å². The van der Waals surface area contributed by atoms with Crippen molar-refractivity contribution in [2.45, 2.75) is 46.1 Å². The lowest BCUT2D eigenvalue weighted by atomic mass is 10.1. The van der Waals surface area contributed by atoms with Crippen LogP contribution in [0.1, 0.15) is 48.9 Å². The molecular weight excluding hydrogens is 288 g/mol. The van der Waals surface area contributed by atoms with Crippen LogP contribution in [0.2, 0.25) is 0 Å². The molecule has 0 bridgehead atoms. The molecule has 0 radical (unpaired) electrons. The summed E-state index contributed by atoms with van der Waals surface area (Å²) in [6.07, 6.45) is 4.74. The van der Waals surface area contributed by atoms with Crippen LogP contribution in [0, 0.1) is 6.92 Å². The second kappa shape index (κ2) is 6.36. The van der Waals surface area contributed by atoms with Gasteiger partial charge in [-0.25, -0.2) is 9.97 Å². The number of unbranched alkanes of at least 4 members (excludes halogenated alkanes) is 3. The summed E-state index contributed by atoms with van der Waals surface area (Å²) in [5, 5.41) is 1.02. The first kappa shape index (κ1) is 15.5. The van der Waals surface area contributed by atoms with Gasteiger partial charge >= 0.3 is 0 Å². The SMILES string of the molecule is CCCCCCn1c(C)nc2c(C(N)=O)nc3ccccc3c21. The Hall–Kier alpha value is -2.43. The lowest BCUT2D eigenvalue weighted by molar-refractivity contribution is 0.0997. The van der Waals surface area contributed by atoms with Gasteiger partial charge in [0.15, 0.2) is 5.69 Å². The van der Waals surface area contributed by atoms with Crippen molar-refractivity contribution in [3.05, 3.63) is 35.8 Å². The second-order valence-electron chi connectivity index (χ2n) is 5.91. The van der Waals surface area contributed by atoms with Gasteiger partial charge in [0.1, 0.15) is 11.3 Å². The number of pyridine rings is 1. The Kier molecular flexibility index (Phi) is 4.28. The quantitative estimate of drug-likeness (QED) is 0.707. The highest BCUT2D eigenvalue weighted by Gasteiger charge is 2.18. The summed E-state index contributed by atoms with van der Waals surface area (Å²) in [5.74, 6) is 0.369. The lowest BCUT2D eigenvalue weighted by Crippen LogP contribution is -2.14. The molecule has 0 spiro atoms. The van der Waals surface area contributed by atoms with E-state index in [0.29, 0.717) is 5.52 Å². The molecule has 0 aliphatic carbocycles. The Morgan fingerprint density at radius 1 is 1.17 bits per heavy atom. The van der Waals surface area contributed by atoms with E-state index in [9.17, 15) is 4.79 Å². The second-order valence-corrected chi connectivity index (χ2v) is 5.91. The van der Waals surface area contributed by atoms with Crippen molar-refractivity contribution in [1.29, 1.82) is 0 Å².